The highest BCUT2D eigenvalue weighted by molar-refractivity contribution is 7.26. The summed E-state index contributed by atoms with van der Waals surface area (Å²) in [6, 6.07) is 10.1. The van der Waals surface area contributed by atoms with Crippen molar-refractivity contribution in [3.8, 4) is 0 Å². The summed E-state index contributed by atoms with van der Waals surface area (Å²) >= 11 is 1.73. The van der Waals surface area contributed by atoms with Crippen LogP contribution in [0.3, 0.4) is 0 Å². The summed E-state index contributed by atoms with van der Waals surface area (Å²) in [5.74, 6) is 0.629. The molecule has 5 rings (SSSR count). The van der Waals surface area contributed by atoms with E-state index in [2.05, 4.69) is 23.2 Å². The van der Waals surface area contributed by atoms with E-state index in [0.29, 0.717) is 5.89 Å². The SMILES string of the molecule is [B]c1cccc2sc3cc4nc(C5=CC=[C+]C=C5)oc4cc3c12. The molecule has 2 nitrogen and oxygen atoms in total. The molecule has 0 saturated carbocycles. The number of thiophene rings is 1. The molecule has 1 aliphatic carbocycles. The van der Waals surface area contributed by atoms with Crippen molar-refractivity contribution in [2.45, 2.75) is 0 Å². The van der Waals surface area contributed by atoms with Gasteiger partial charge in [0.2, 0.25) is 0 Å². The molecule has 0 bridgehead atoms. The zero-order chi connectivity index (χ0) is 15.4. The fraction of sp³-hybridized carbons (Fsp3) is 0. The normalized spacial score (nSPS) is 13.8. The van der Waals surface area contributed by atoms with Crippen LogP contribution in [0.2, 0.25) is 0 Å². The summed E-state index contributed by atoms with van der Waals surface area (Å²) in [5, 5.41) is 2.22. The Balaban J connectivity index is 1.81. The van der Waals surface area contributed by atoms with Gasteiger partial charge in [-0.2, -0.15) is 0 Å². The van der Waals surface area contributed by atoms with Gasteiger partial charge in [0.1, 0.15) is 31.1 Å². The fourth-order valence-corrected chi connectivity index (χ4v) is 4.08. The van der Waals surface area contributed by atoms with Crippen LogP contribution >= 0.6 is 11.3 Å². The van der Waals surface area contributed by atoms with Crippen molar-refractivity contribution in [1.82, 2.24) is 4.98 Å². The first-order valence-electron chi connectivity index (χ1n) is 7.27. The van der Waals surface area contributed by atoms with Crippen molar-refractivity contribution in [2.75, 3.05) is 0 Å². The highest BCUT2D eigenvalue weighted by Crippen LogP contribution is 2.36. The molecule has 0 fully saturated rings. The molecule has 1 aliphatic rings. The molecule has 0 atom stereocenters. The minimum Gasteiger partial charge on any atom is -0.434 e. The molecular weight excluding hydrogens is 301 g/mol. The summed E-state index contributed by atoms with van der Waals surface area (Å²) in [6.07, 6.45) is 10.6. The lowest BCUT2D eigenvalue weighted by Crippen LogP contribution is -2.00. The van der Waals surface area contributed by atoms with Gasteiger partial charge in [-0.05, 0) is 23.6 Å². The van der Waals surface area contributed by atoms with Gasteiger partial charge in [0.15, 0.2) is 5.58 Å². The van der Waals surface area contributed by atoms with Gasteiger partial charge in [-0.3, -0.25) is 0 Å². The Kier molecular flexibility index (Phi) is 2.60. The summed E-state index contributed by atoms with van der Waals surface area (Å²) in [7, 11) is 6.16. The molecule has 0 spiro atoms. The van der Waals surface area contributed by atoms with Gasteiger partial charge in [0, 0.05) is 20.9 Å². The molecule has 2 aromatic heterocycles. The number of allylic oxidation sites excluding steroid dienone is 6. The highest BCUT2D eigenvalue weighted by Gasteiger charge is 2.16. The Labute approximate surface area is 137 Å². The molecule has 0 amide bonds. The zero-order valence-electron chi connectivity index (χ0n) is 12.0. The number of oxazole rings is 1. The second-order valence-electron chi connectivity index (χ2n) is 5.45. The third-order valence-electron chi connectivity index (χ3n) is 4.00. The average Bonchev–Trinajstić information content (AvgIpc) is 3.14. The molecule has 4 heteroatoms. The summed E-state index contributed by atoms with van der Waals surface area (Å²) < 4.78 is 8.32. The van der Waals surface area contributed by atoms with E-state index in [9.17, 15) is 0 Å². The van der Waals surface area contributed by atoms with Gasteiger partial charge in [-0.25, -0.2) is 4.98 Å². The molecule has 4 aromatic rings. The Morgan fingerprint density at radius 3 is 3.00 bits per heavy atom. The van der Waals surface area contributed by atoms with E-state index in [-0.39, 0.29) is 0 Å². The largest absolute Gasteiger partial charge is 0.434 e. The minimum atomic E-state index is 0.629. The second kappa shape index (κ2) is 4.66. The lowest BCUT2D eigenvalue weighted by Gasteiger charge is -1.96. The third kappa shape index (κ3) is 1.90. The first kappa shape index (κ1) is 12.8. The monoisotopic (exact) mass is 310 g/mol. The van der Waals surface area contributed by atoms with E-state index >= 15 is 0 Å². The quantitative estimate of drug-likeness (QED) is 0.387. The van der Waals surface area contributed by atoms with Gasteiger partial charge >= 0.3 is 0 Å². The van der Waals surface area contributed by atoms with Gasteiger partial charge in [-0.1, -0.05) is 17.6 Å². The van der Waals surface area contributed by atoms with Crippen LogP contribution in [0.1, 0.15) is 5.89 Å². The first-order chi connectivity index (χ1) is 11.3. The lowest BCUT2D eigenvalue weighted by atomic mass is 9.91. The van der Waals surface area contributed by atoms with E-state index in [1.54, 1.807) is 11.3 Å². The predicted molar refractivity (Wildman–Crippen MR) is 97.2 cm³/mol. The van der Waals surface area contributed by atoms with E-state index < -0.39 is 0 Å². The van der Waals surface area contributed by atoms with Crippen LogP contribution in [0.25, 0.3) is 36.8 Å². The number of fused-ring (bicyclic) bond motifs is 4. The van der Waals surface area contributed by atoms with Crippen LogP contribution < -0.4 is 5.46 Å². The topological polar surface area (TPSA) is 26.0 Å². The fourth-order valence-electron chi connectivity index (χ4n) is 2.93. The molecule has 2 aromatic carbocycles. The van der Waals surface area contributed by atoms with Gasteiger partial charge < -0.3 is 4.42 Å². The Hall–Kier alpha value is -2.68. The van der Waals surface area contributed by atoms with Gasteiger partial charge in [0.05, 0.1) is 12.2 Å². The predicted octanol–water partition coefficient (Wildman–Crippen LogP) is 4.30. The van der Waals surface area contributed by atoms with E-state index in [0.717, 1.165) is 32.9 Å². The first-order valence-corrected chi connectivity index (χ1v) is 8.09. The molecule has 2 heterocycles. The number of rotatable bonds is 1. The second-order valence-corrected chi connectivity index (χ2v) is 6.53. The van der Waals surface area contributed by atoms with Gasteiger partial charge in [0.25, 0.3) is 5.89 Å². The third-order valence-corrected chi connectivity index (χ3v) is 5.12. The summed E-state index contributed by atoms with van der Waals surface area (Å²) in [5.41, 5.74) is 3.40. The maximum atomic E-state index is 6.16. The molecule has 0 saturated heterocycles. The Morgan fingerprint density at radius 1 is 1.17 bits per heavy atom. The highest BCUT2D eigenvalue weighted by atomic mass is 32.1. The van der Waals surface area contributed by atoms with Crippen molar-refractivity contribution in [3.63, 3.8) is 0 Å². The average molecular weight is 310 g/mol. The maximum absolute atomic E-state index is 6.16. The van der Waals surface area contributed by atoms with E-state index in [1.807, 2.05) is 42.5 Å². The number of hydrogen-bond acceptors (Lipinski definition) is 3. The van der Waals surface area contributed by atoms with E-state index in [4.69, 9.17) is 12.3 Å². The van der Waals surface area contributed by atoms with Crippen molar-refractivity contribution < 1.29 is 4.42 Å². The van der Waals surface area contributed by atoms with Crippen LogP contribution in [-0.2, 0) is 0 Å². The van der Waals surface area contributed by atoms with Crippen molar-refractivity contribution in [2.24, 2.45) is 0 Å². The van der Waals surface area contributed by atoms with E-state index in [1.165, 1.54) is 9.40 Å². The number of nitrogens with zero attached hydrogens (tertiary/aromatic N) is 1. The minimum absolute atomic E-state index is 0.629. The van der Waals surface area contributed by atoms with Crippen molar-refractivity contribution >= 4 is 61.5 Å². The Bertz CT molecular complexity index is 1180. The number of benzene rings is 2. The molecular formula is C19H9BNOS+. The molecule has 2 radical (unpaired) electrons. The molecule has 104 valence electrons. The van der Waals surface area contributed by atoms with Gasteiger partial charge in [-0.15, -0.1) is 11.3 Å². The van der Waals surface area contributed by atoms with Crippen LogP contribution in [0.4, 0.5) is 0 Å². The van der Waals surface area contributed by atoms with Crippen LogP contribution in [0.15, 0.2) is 59.1 Å². The molecule has 23 heavy (non-hydrogen) atoms. The van der Waals surface area contributed by atoms with Crippen molar-refractivity contribution in [3.05, 3.63) is 66.6 Å². The summed E-state index contributed by atoms with van der Waals surface area (Å²) in [6.45, 7) is 0. The Morgan fingerprint density at radius 2 is 2.13 bits per heavy atom. The standard InChI is InChI=1S/C19H9BNOS/c20-13-7-4-8-16-18(13)12-9-15-14(10-17(12)23-16)21-19(22-15)11-5-2-1-3-6-11/h2-10H/q+1. The molecule has 0 aliphatic heterocycles. The number of aromatic nitrogens is 1. The molecule has 0 N–H and O–H groups in total. The smallest absolute Gasteiger partial charge is 0.255 e. The van der Waals surface area contributed by atoms with Crippen LogP contribution in [0.5, 0.6) is 0 Å². The number of hydrogen-bond donors (Lipinski definition) is 0. The maximum Gasteiger partial charge on any atom is 0.255 e. The van der Waals surface area contributed by atoms with Crippen LogP contribution in [0, 0.1) is 6.08 Å². The zero-order valence-corrected chi connectivity index (χ0v) is 12.9. The van der Waals surface area contributed by atoms with Crippen molar-refractivity contribution in [1.29, 1.82) is 0 Å². The summed E-state index contributed by atoms with van der Waals surface area (Å²) in [4.78, 5) is 4.62. The lowest BCUT2D eigenvalue weighted by molar-refractivity contribution is 0.586. The molecule has 0 unspecified atom stereocenters. The van der Waals surface area contributed by atoms with Crippen LogP contribution in [-0.4, -0.2) is 12.8 Å².